The number of carbonyl (C=O) groups is 3. The van der Waals surface area contributed by atoms with Gasteiger partial charge in [0.1, 0.15) is 12.2 Å². The molecular weight excluding hydrogens is 548 g/mol. The lowest BCUT2D eigenvalue weighted by Gasteiger charge is -2.30. The molecule has 11 heteroatoms. The molecule has 1 fully saturated rings. The molecule has 0 unspecified atom stereocenters. The third-order valence-electron chi connectivity index (χ3n) is 7.18. The van der Waals surface area contributed by atoms with Crippen LogP contribution in [0, 0.1) is 0 Å². The number of carbonyl (C=O) groups excluding carboxylic acids is 3. The molecule has 244 valence electrons. The van der Waals surface area contributed by atoms with Gasteiger partial charge in [0, 0.05) is 65.4 Å². The van der Waals surface area contributed by atoms with E-state index in [1.165, 1.54) is 0 Å². The van der Waals surface area contributed by atoms with Gasteiger partial charge in [0.25, 0.3) is 0 Å². The van der Waals surface area contributed by atoms with E-state index in [0.717, 1.165) is 77.1 Å². The summed E-state index contributed by atoms with van der Waals surface area (Å²) in [6.07, 6.45) is 3.35. The fraction of sp³-hybridized carbons (Fsp3) is 0.719. The van der Waals surface area contributed by atoms with E-state index in [1.807, 2.05) is 51.1 Å². The van der Waals surface area contributed by atoms with E-state index in [0.29, 0.717) is 32.7 Å². The van der Waals surface area contributed by atoms with Gasteiger partial charge in [-0.15, -0.1) is 0 Å². The molecule has 11 nitrogen and oxygen atoms in total. The van der Waals surface area contributed by atoms with Crippen LogP contribution in [0.2, 0.25) is 0 Å². The highest BCUT2D eigenvalue weighted by Crippen LogP contribution is 2.07. The third kappa shape index (κ3) is 18.5. The van der Waals surface area contributed by atoms with Crippen molar-refractivity contribution in [3.05, 3.63) is 35.9 Å². The van der Waals surface area contributed by atoms with Crippen molar-refractivity contribution in [2.75, 3.05) is 85.1 Å². The molecule has 1 heterocycles. The Morgan fingerprint density at radius 3 is 2.00 bits per heavy atom. The van der Waals surface area contributed by atoms with Crippen LogP contribution in [0.5, 0.6) is 0 Å². The SMILES string of the molecule is CCN1CCNCCN(CC(=O)OCc2ccccc2)CCN(CC(=O)NCCCCCCNC(=O)OC(C)(C)C)CC1. The lowest BCUT2D eigenvalue weighted by atomic mass is 10.2. The van der Waals surface area contributed by atoms with Gasteiger partial charge in [-0.05, 0) is 45.7 Å². The Morgan fingerprint density at radius 2 is 1.37 bits per heavy atom. The summed E-state index contributed by atoms with van der Waals surface area (Å²) in [4.78, 5) is 43.8. The van der Waals surface area contributed by atoms with Gasteiger partial charge in [0.15, 0.2) is 0 Å². The summed E-state index contributed by atoms with van der Waals surface area (Å²) >= 11 is 0. The summed E-state index contributed by atoms with van der Waals surface area (Å²) < 4.78 is 10.8. The Bertz CT molecular complexity index is 927. The first-order chi connectivity index (χ1) is 20.6. The molecule has 0 saturated carbocycles. The average molecular weight is 605 g/mol. The second-order valence-electron chi connectivity index (χ2n) is 12.1. The summed E-state index contributed by atoms with van der Waals surface area (Å²) in [5.41, 5.74) is 0.480. The largest absolute Gasteiger partial charge is 0.460 e. The minimum Gasteiger partial charge on any atom is -0.460 e. The van der Waals surface area contributed by atoms with E-state index in [4.69, 9.17) is 9.47 Å². The summed E-state index contributed by atoms with van der Waals surface area (Å²) in [6, 6.07) is 9.71. The minimum absolute atomic E-state index is 0.0252. The molecule has 0 aliphatic carbocycles. The van der Waals surface area contributed by atoms with Crippen molar-refractivity contribution in [3.8, 4) is 0 Å². The second-order valence-corrected chi connectivity index (χ2v) is 12.1. The van der Waals surface area contributed by atoms with E-state index >= 15 is 0 Å². The Labute approximate surface area is 259 Å². The minimum atomic E-state index is -0.491. The van der Waals surface area contributed by atoms with E-state index in [9.17, 15) is 14.4 Å². The number of hydrogen-bond donors (Lipinski definition) is 3. The number of likely N-dealkylation sites (N-methyl/N-ethyl adjacent to an activating group) is 1. The van der Waals surface area contributed by atoms with Crippen LogP contribution < -0.4 is 16.0 Å². The van der Waals surface area contributed by atoms with Crippen molar-refractivity contribution in [2.45, 2.75) is 65.6 Å². The second kappa shape index (κ2) is 21.1. The van der Waals surface area contributed by atoms with Crippen LogP contribution in [-0.4, -0.2) is 123 Å². The van der Waals surface area contributed by atoms with Gasteiger partial charge in [-0.2, -0.15) is 0 Å². The van der Waals surface area contributed by atoms with Gasteiger partial charge in [-0.3, -0.25) is 19.4 Å². The zero-order chi connectivity index (χ0) is 31.3. The van der Waals surface area contributed by atoms with Crippen LogP contribution in [0.3, 0.4) is 0 Å². The Hall–Kier alpha value is -2.73. The third-order valence-corrected chi connectivity index (χ3v) is 7.18. The quantitative estimate of drug-likeness (QED) is 0.218. The highest BCUT2D eigenvalue weighted by atomic mass is 16.6. The van der Waals surface area contributed by atoms with E-state index in [1.54, 1.807) is 0 Å². The first-order valence-electron chi connectivity index (χ1n) is 16.0. The molecular formula is C32H56N6O5. The zero-order valence-electron chi connectivity index (χ0n) is 27.0. The molecule has 0 radical (unpaired) electrons. The molecule has 1 aromatic carbocycles. The highest BCUT2D eigenvalue weighted by molar-refractivity contribution is 5.78. The molecule has 1 saturated heterocycles. The van der Waals surface area contributed by atoms with Crippen LogP contribution in [0.25, 0.3) is 0 Å². The summed E-state index contributed by atoms with van der Waals surface area (Å²) in [5.74, 6) is -0.213. The fourth-order valence-corrected chi connectivity index (χ4v) is 4.69. The fourth-order valence-electron chi connectivity index (χ4n) is 4.69. The number of ether oxygens (including phenoxy) is 2. The summed E-state index contributed by atoms with van der Waals surface area (Å²) in [7, 11) is 0. The maximum absolute atomic E-state index is 12.8. The van der Waals surface area contributed by atoms with Crippen molar-refractivity contribution in [3.63, 3.8) is 0 Å². The average Bonchev–Trinajstić information content (AvgIpc) is 2.95. The van der Waals surface area contributed by atoms with Crippen LogP contribution in [0.15, 0.2) is 30.3 Å². The van der Waals surface area contributed by atoms with Gasteiger partial charge >= 0.3 is 12.1 Å². The number of unbranched alkanes of at least 4 members (excludes halogenated alkanes) is 3. The molecule has 2 amide bonds. The van der Waals surface area contributed by atoms with Crippen LogP contribution in [0.4, 0.5) is 4.79 Å². The Kier molecular flexibility index (Phi) is 17.9. The maximum Gasteiger partial charge on any atom is 0.407 e. The number of esters is 1. The van der Waals surface area contributed by atoms with Gasteiger partial charge < -0.3 is 30.3 Å². The van der Waals surface area contributed by atoms with Gasteiger partial charge in [0.05, 0.1) is 13.1 Å². The van der Waals surface area contributed by atoms with Crippen LogP contribution in [-0.2, 0) is 25.7 Å². The molecule has 1 aliphatic rings. The smallest absolute Gasteiger partial charge is 0.407 e. The first-order valence-corrected chi connectivity index (χ1v) is 16.0. The van der Waals surface area contributed by atoms with Crippen molar-refractivity contribution >= 4 is 18.0 Å². The van der Waals surface area contributed by atoms with Gasteiger partial charge in [-0.25, -0.2) is 4.79 Å². The van der Waals surface area contributed by atoms with Crippen molar-refractivity contribution in [2.24, 2.45) is 0 Å². The zero-order valence-corrected chi connectivity index (χ0v) is 27.0. The molecule has 0 atom stereocenters. The van der Waals surface area contributed by atoms with E-state index < -0.39 is 5.60 Å². The van der Waals surface area contributed by atoms with Crippen LogP contribution >= 0.6 is 0 Å². The first kappa shape index (κ1) is 36.5. The van der Waals surface area contributed by atoms with Crippen molar-refractivity contribution in [1.29, 1.82) is 0 Å². The molecule has 1 aliphatic heterocycles. The molecule has 43 heavy (non-hydrogen) atoms. The molecule has 1 aromatic rings. The van der Waals surface area contributed by atoms with Crippen molar-refractivity contribution in [1.82, 2.24) is 30.7 Å². The number of rotatable bonds is 14. The monoisotopic (exact) mass is 604 g/mol. The lowest BCUT2D eigenvalue weighted by Crippen LogP contribution is -2.48. The highest BCUT2D eigenvalue weighted by Gasteiger charge is 2.18. The number of amides is 2. The maximum atomic E-state index is 12.8. The van der Waals surface area contributed by atoms with Gasteiger partial charge in [0.2, 0.25) is 5.91 Å². The van der Waals surface area contributed by atoms with Gasteiger partial charge in [-0.1, -0.05) is 50.1 Å². The number of benzene rings is 1. The predicted molar refractivity (Wildman–Crippen MR) is 170 cm³/mol. The molecule has 3 N–H and O–H groups in total. The number of alkyl carbamates (subject to hydrolysis) is 1. The predicted octanol–water partition coefficient (Wildman–Crippen LogP) is 2.46. The van der Waals surface area contributed by atoms with E-state index in [-0.39, 0.29) is 31.1 Å². The number of nitrogens with one attached hydrogen (secondary N) is 3. The number of nitrogens with zero attached hydrogens (tertiary/aromatic N) is 3. The summed E-state index contributed by atoms with van der Waals surface area (Å²) in [5, 5.41) is 9.34. The summed E-state index contributed by atoms with van der Waals surface area (Å²) in [6.45, 7) is 17.1. The normalized spacial score (nSPS) is 16.5. The van der Waals surface area contributed by atoms with Crippen LogP contribution in [0.1, 0.15) is 58.9 Å². The Balaban J connectivity index is 1.74. The van der Waals surface area contributed by atoms with Crippen molar-refractivity contribution < 1.29 is 23.9 Å². The topological polar surface area (TPSA) is 115 Å². The molecule has 0 spiro atoms. The molecule has 0 bridgehead atoms. The molecule has 2 rings (SSSR count). The standard InChI is InChI=1S/C32H56N6O5/c1-5-36-19-17-33-18-20-37(26-30(40)42-27-28-13-9-8-10-14-28)23-24-38(22-21-36)25-29(39)34-15-11-6-7-12-16-35-31(41)43-32(2,3)4/h8-10,13-14,33H,5-7,11-12,15-27H2,1-4H3,(H,34,39)(H,35,41). The molecule has 0 aromatic heterocycles. The van der Waals surface area contributed by atoms with E-state index in [2.05, 4.69) is 37.6 Å². The Morgan fingerprint density at radius 1 is 0.791 bits per heavy atom. The lowest BCUT2D eigenvalue weighted by molar-refractivity contribution is -0.146. The number of hydrogen-bond acceptors (Lipinski definition) is 9.